The first-order valence-electron chi connectivity index (χ1n) is 11.8. The summed E-state index contributed by atoms with van der Waals surface area (Å²) >= 11 is 1.63. The van der Waals surface area contributed by atoms with Crippen LogP contribution in [-0.4, -0.2) is 115 Å². The molecule has 0 aromatic heterocycles. The van der Waals surface area contributed by atoms with Crippen LogP contribution in [0, 0.1) is 5.41 Å². The Balaban J connectivity index is 2.16. The number of hydrogen-bond acceptors (Lipinski definition) is 8. The Morgan fingerprint density at radius 3 is 2.65 bits per heavy atom. The lowest BCUT2D eigenvalue weighted by atomic mass is 9.93. The highest BCUT2D eigenvalue weighted by Crippen LogP contribution is 2.31. The van der Waals surface area contributed by atoms with Gasteiger partial charge in [0.15, 0.2) is 11.9 Å². The molecule has 5 atom stereocenters. The molecule has 196 valence electrons. The zero-order valence-corrected chi connectivity index (χ0v) is 22.7. The van der Waals surface area contributed by atoms with Crippen molar-refractivity contribution in [3.05, 3.63) is 12.2 Å². The summed E-state index contributed by atoms with van der Waals surface area (Å²) in [6.07, 6.45) is -0.110. The number of amides is 2. The Morgan fingerprint density at radius 2 is 2.06 bits per heavy atom. The lowest BCUT2D eigenvalue weighted by Crippen LogP contribution is -2.62. The molecule has 0 spiro atoms. The molecule has 0 bridgehead atoms. The SMILES string of the molecule is CO[C@@H](C(=O)NC1CSCCN(CCN(C)C)C1=O)[C@@H]1OC(C)(C)O[C@H](C=CC(C)(C)C)[C@@H]1O. The van der Waals surface area contributed by atoms with Gasteiger partial charge in [0.05, 0.1) is 0 Å². The van der Waals surface area contributed by atoms with Gasteiger partial charge in [0.25, 0.3) is 5.91 Å². The number of carbonyl (C=O) groups is 2. The number of ether oxygens (including phenoxy) is 3. The van der Waals surface area contributed by atoms with Crippen molar-refractivity contribution in [2.75, 3.05) is 52.3 Å². The van der Waals surface area contributed by atoms with Crippen molar-refractivity contribution in [3.63, 3.8) is 0 Å². The van der Waals surface area contributed by atoms with Crippen molar-refractivity contribution >= 4 is 23.6 Å². The van der Waals surface area contributed by atoms with Gasteiger partial charge in [-0.25, -0.2) is 0 Å². The lowest BCUT2D eigenvalue weighted by Gasteiger charge is -2.45. The molecule has 2 aliphatic heterocycles. The van der Waals surface area contributed by atoms with Crippen LogP contribution < -0.4 is 5.32 Å². The van der Waals surface area contributed by atoms with Gasteiger partial charge in [0.1, 0.15) is 24.4 Å². The number of aliphatic hydroxyl groups excluding tert-OH is 1. The fraction of sp³-hybridized carbons (Fsp3) is 0.833. The summed E-state index contributed by atoms with van der Waals surface area (Å²) in [4.78, 5) is 30.2. The monoisotopic (exact) mass is 501 g/mol. The Hall–Kier alpha value is -1.17. The van der Waals surface area contributed by atoms with Crippen LogP contribution in [0.15, 0.2) is 12.2 Å². The maximum absolute atomic E-state index is 13.3. The molecule has 2 amide bonds. The van der Waals surface area contributed by atoms with Crippen LogP contribution in [0.2, 0.25) is 0 Å². The fourth-order valence-corrected chi connectivity index (χ4v) is 4.83. The molecule has 9 nitrogen and oxygen atoms in total. The molecule has 2 N–H and O–H groups in total. The summed E-state index contributed by atoms with van der Waals surface area (Å²) in [6, 6.07) is -0.665. The molecule has 0 saturated carbocycles. The van der Waals surface area contributed by atoms with Gasteiger partial charge in [0, 0.05) is 38.2 Å². The average Bonchev–Trinajstić information content (AvgIpc) is 2.89. The first kappa shape index (κ1) is 29.1. The van der Waals surface area contributed by atoms with E-state index in [1.54, 1.807) is 36.6 Å². The van der Waals surface area contributed by atoms with E-state index in [9.17, 15) is 14.7 Å². The van der Waals surface area contributed by atoms with E-state index in [0.717, 1.165) is 12.3 Å². The maximum atomic E-state index is 13.3. The van der Waals surface area contributed by atoms with E-state index in [1.807, 2.05) is 45.8 Å². The van der Waals surface area contributed by atoms with Crippen molar-refractivity contribution in [2.45, 2.75) is 70.9 Å². The number of carbonyl (C=O) groups excluding carboxylic acids is 2. The first-order valence-corrected chi connectivity index (χ1v) is 13.0. The number of nitrogens with one attached hydrogen (secondary N) is 1. The lowest BCUT2D eigenvalue weighted by molar-refractivity contribution is -0.334. The van der Waals surface area contributed by atoms with Crippen LogP contribution in [-0.2, 0) is 23.8 Å². The summed E-state index contributed by atoms with van der Waals surface area (Å²) in [5.74, 6) is -0.327. The smallest absolute Gasteiger partial charge is 0.252 e. The van der Waals surface area contributed by atoms with Gasteiger partial charge in [0.2, 0.25) is 5.91 Å². The van der Waals surface area contributed by atoms with E-state index < -0.39 is 42.2 Å². The Labute approximate surface area is 208 Å². The number of likely N-dealkylation sites (N-methyl/N-ethyl adjacent to an activating group) is 1. The predicted octanol–water partition coefficient (Wildman–Crippen LogP) is 1.11. The van der Waals surface area contributed by atoms with Gasteiger partial charge in [-0.05, 0) is 33.4 Å². The molecule has 0 aromatic carbocycles. The van der Waals surface area contributed by atoms with E-state index in [2.05, 4.69) is 5.32 Å². The topological polar surface area (TPSA) is 101 Å². The second kappa shape index (κ2) is 12.2. The number of nitrogens with zero attached hydrogens (tertiary/aromatic N) is 2. The molecule has 2 aliphatic rings. The van der Waals surface area contributed by atoms with Gasteiger partial charge in [-0.15, -0.1) is 0 Å². The molecule has 0 radical (unpaired) electrons. The number of aliphatic hydroxyl groups is 1. The first-order chi connectivity index (χ1) is 15.7. The van der Waals surface area contributed by atoms with Crippen LogP contribution in [0.5, 0.6) is 0 Å². The minimum absolute atomic E-state index is 0.102. The molecule has 2 rings (SSSR count). The highest BCUT2D eigenvalue weighted by atomic mass is 32.2. The van der Waals surface area contributed by atoms with Crippen LogP contribution in [0.1, 0.15) is 34.6 Å². The second-order valence-corrected chi connectivity index (χ2v) is 11.9. The summed E-state index contributed by atoms with van der Waals surface area (Å²) in [5.41, 5.74) is -0.102. The van der Waals surface area contributed by atoms with Crippen LogP contribution in [0.3, 0.4) is 0 Å². The standard InChI is InChI=1S/C24H43N3O6S/c1-23(2,3)10-9-17-18(28)19(33-24(4,5)32-17)20(31-8)21(29)25-16-15-34-14-13-27(22(16)30)12-11-26(6)7/h9-10,16-20,28H,11-15H2,1-8H3,(H,25,29)/t16?,17-,18+,19-,20-/m1/s1. The van der Waals surface area contributed by atoms with E-state index >= 15 is 0 Å². The highest BCUT2D eigenvalue weighted by molar-refractivity contribution is 7.99. The number of thioether (sulfide) groups is 1. The van der Waals surface area contributed by atoms with Crippen molar-refractivity contribution in [1.82, 2.24) is 15.1 Å². The fourth-order valence-electron chi connectivity index (χ4n) is 3.86. The van der Waals surface area contributed by atoms with Crippen molar-refractivity contribution in [1.29, 1.82) is 0 Å². The molecule has 34 heavy (non-hydrogen) atoms. The van der Waals surface area contributed by atoms with E-state index in [4.69, 9.17) is 14.2 Å². The normalized spacial score (nSPS) is 29.4. The Bertz CT molecular complexity index is 724. The molecule has 0 aromatic rings. The van der Waals surface area contributed by atoms with Crippen LogP contribution >= 0.6 is 11.8 Å². The number of allylic oxidation sites excluding steroid dienone is 1. The van der Waals surface area contributed by atoms with E-state index in [0.29, 0.717) is 18.8 Å². The van der Waals surface area contributed by atoms with Gasteiger partial charge in [-0.1, -0.05) is 32.9 Å². The molecule has 2 fully saturated rings. The Kier molecular flexibility index (Phi) is 10.4. The molecule has 2 heterocycles. The molecule has 1 unspecified atom stereocenters. The zero-order valence-electron chi connectivity index (χ0n) is 21.9. The number of hydrogen-bond donors (Lipinski definition) is 2. The van der Waals surface area contributed by atoms with Crippen LogP contribution in [0.25, 0.3) is 0 Å². The van der Waals surface area contributed by atoms with Crippen molar-refractivity contribution < 1.29 is 28.9 Å². The Morgan fingerprint density at radius 1 is 1.38 bits per heavy atom. The minimum Gasteiger partial charge on any atom is -0.387 e. The third-order valence-corrected chi connectivity index (χ3v) is 6.68. The van der Waals surface area contributed by atoms with Gasteiger partial charge >= 0.3 is 0 Å². The van der Waals surface area contributed by atoms with E-state index in [1.165, 1.54) is 7.11 Å². The van der Waals surface area contributed by atoms with Gasteiger partial charge in [-0.2, -0.15) is 11.8 Å². The molecular formula is C24H43N3O6S. The highest BCUT2D eigenvalue weighted by Gasteiger charge is 2.48. The second-order valence-electron chi connectivity index (χ2n) is 10.7. The average molecular weight is 502 g/mol. The summed E-state index contributed by atoms with van der Waals surface area (Å²) in [7, 11) is 5.32. The number of rotatable bonds is 8. The summed E-state index contributed by atoms with van der Waals surface area (Å²) in [6.45, 7) is 11.6. The van der Waals surface area contributed by atoms with Gasteiger partial charge in [-0.3, -0.25) is 9.59 Å². The quantitative estimate of drug-likeness (QED) is 0.477. The van der Waals surface area contributed by atoms with Gasteiger partial charge < -0.3 is 34.4 Å². The molecular weight excluding hydrogens is 458 g/mol. The maximum Gasteiger partial charge on any atom is 0.252 e. The minimum atomic E-state index is -1.13. The van der Waals surface area contributed by atoms with Crippen molar-refractivity contribution in [3.8, 4) is 0 Å². The van der Waals surface area contributed by atoms with Crippen molar-refractivity contribution in [2.24, 2.45) is 5.41 Å². The zero-order chi connectivity index (χ0) is 25.7. The number of methoxy groups -OCH3 is 1. The summed E-state index contributed by atoms with van der Waals surface area (Å²) in [5, 5.41) is 13.9. The third kappa shape index (κ3) is 8.49. The molecule has 2 saturated heterocycles. The largest absolute Gasteiger partial charge is 0.387 e. The summed E-state index contributed by atoms with van der Waals surface area (Å²) < 4.78 is 17.4. The predicted molar refractivity (Wildman–Crippen MR) is 134 cm³/mol. The van der Waals surface area contributed by atoms with E-state index in [-0.39, 0.29) is 11.3 Å². The molecule has 10 heteroatoms. The third-order valence-electron chi connectivity index (χ3n) is 5.64. The molecule has 0 aliphatic carbocycles. The van der Waals surface area contributed by atoms with Crippen LogP contribution in [0.4, 0.5) is 0 Å².